The predicted octanol–water partition coefficient (Wildman–Crippen LogP) is 14.1. The van der Waals surface area contributed by atoms with E-state index in [1.54, 1.807) is 100 Å². The zero-order chi connectivity index (χ0) is 67.6. The summed E-state index contributed by atoms with van der Waals surface area (Å²) in [5.74, 6) is -3.59. The highest BCUT2D eigenvalue weighted by Crippen LogP contribution is 2.31. The molecule has 0 saturated heterocycles. The van der Waals surface area contributed by atoms with Crippen molar-refractivity contribution in [2.24, 2.45) is 17.8 Å². The van der Waals surface area contributed by atoms with Crippen LogP contribution in [-0.4, -0.2) is 78.4 Å². The topological polar surface area (TPSA) is 216 Å². The standard InChI is InChI=1S/C23H26F3NO4.C22H24F3NO4.C15H21NO4.C7H6BrF/c1-14(2)20(31-13-16-5-11-19(12-6-16)23(24,25)26)21(28)27-15(3)17-7-9-18(10-8-17)22(29)30-4;1-13(2)19(30-12-15-4-10-18(11-5-15)22(23,24)25)20(27)26-14(3)16-6-8-17(9-7-16)21(28)29;1-9(2)13(17)14(18)16-10(3)11-5-7-12(8-6-11)15(19)20-4;8-5-6-1-3-7(9)4-2-6/h5-12,14-15,20H,13H2,1-4H3,(H,27,28);4-11,13-14,19H,12H2,1-3H3,(H,26,27)(H,28,29);5-10,13,17H,1-4H3,(H,16,18);1-4H,5H2/t15-,20+;14-,19+;10-,13+;/m000./s1. The second kappa shape index (κ2) is 36.6. The van der Waals surface area contributed by atoms with E-state index in [4.69, 9.17) is 14.6 Å². The van der Waals surface area contributed by atoms with Crippen molar-refractivity contribution >= 4 is 51.6 Å². The number of methoxy groups -OCH3 is 2. The van der Waals surface area contributed by atoms with E-state index in [1.807, 2.05) is 34.6 Å². The molecule has 6 atom stereocenters. The van der Waals surface area contributed by atoms with Gasteiger partial charge >= 0.3 is 30.3 Å². The number of carbonyl (C=O) groups is 6. The van der Waals surface area contributed by atoms with Gasteiger partial charge in [0.2, 0.25) is 17.7 Å². The molecular weight excluding hydrogens is 1250 g/mol. The van der Waals surface area contributed by atoms with Gasteiger partial charge in [-0.1, -0.05) is 130 Å². The highest BCUT2D eigenvalue weighted by atomic mass is 79.9. The minimum Gasteiger partial charge on any atom is -0.478 e. The Balaban J connectivity index is 0.000000335. The number of halogens is 8. The predicted molar refractivity (Wildman–Crippen MR) is 328 cm³/mol. The van der Waals surface area contributed by atoms with Gasteiger partial charge in [0, 0.05) is 5.33 Å². The summed E-state index contributed by atoms with van der Waals surface area (Å²) in [7, 11) is 2.63. The average Bonchev–Trinajstić information content (AvgIpc) is 3.15. The van der Waals surface area contributed by atoms with Crippen molar-refractivity contribution in [1.82, 2.24) is 16.0 Å². The number of alkyl halides is 7. The summed E-state index contributed by atoms with van der Waals surface area (Å²) in [4.78, 5) is 70.9. The van der Waals surface area contributed by atoms with E-state index in [-0.39, 0.29) is 72.3 Å². The molecule has 3 amide bonds. The van der Waals surface area contributed by atoms with Crippen molar-refractivity contribution in [2.75, 3.05) is 14.2 Å². The van der Waals surface area contributed by atoms with Gasteiger partial charge in [-0.2, -0.15) is 26.3 Å². The maximum absolute atomic E-state index is 12.7. The Labute approximate surface area is 528 Å². The number of hydrogen-bond acceptors (Lipinski definition) is 11. The molecule has 0 aliphatic rings. The lowest BCUT2D eigenvalue weighted by atomic mass is 10.0. The van der Waals surface area contributed by atoms with Gasteiger partial charge in [0.15, 0.2) is 0 Å². The quantitative estimate of drug-likeness (QED) is 0.0244. The van der Waals surface area contributed by atoms with Crippen LogP contribution in [0.2, 0.25) is 0 Å². The second-order valence-corrected chi connectivity index (χ2v) is 22.2. The molecule has 6 aromatic rings. The van der Waals surface area contributed by atoms with E-state index >= 15 is 0 Å². The van der Waals surface area contributed by atoms with Gasteiger partial charge in [0.1, 0.15) is 24.1 Å². The van der Waals surface area contributed by atoms with Crippen molar-refractivity contribution in [3.63, 3.8) is 0 Å². The van der Waals surface area contributed by atoms with Crippen molar-refractivity contribution in [1.29, 1.82) is 0 Å². The summed E-state index contributed by atoms with van der Waals surface area (Å²) in [6.45, 7) is 16.2. The molecule has 0 bridgehead atoms. The fourth-order valence-electron chi connectivity index (χ4n) is 8.08. The van der Waals surface area contributed by atoms with Gasteiger partial charge in [0.25, 0.3) is 0 Å². The number of carbonyl (C=O) groups excluding carboxylic acids is 5. The normalized spacial score (nSPS) is 13.2. The highest BCUT2D eigenvalue weighted by Gasteiger charge is 2.32. The molecule has 6 rings (SSSR count). The van der Waals surface area contributed by atoms with E-state index in [0.29, 0.717) is 22.3 Å². The highest BCUT2D eigenvalue weighted by molar-refractivity contribution is 9.08. The minimum atomic E-state index is -4.40. The minimum absolute atomic E-state index is 0.00388. The summed E-state index contributed by atoms with van der Waals surface area (Å²) < 4.78 is 109. The van der Waals surface area contributed by atoms with Crippen molar-refractivity contribution in [3.8, 4) is 0 Å². The molecule has 0 saturated carbocycles. The molecule has 0 radical (unpaired) electrons. The summed E-state index contributed by atoms with van der Waals surface area (Å²) >= 11 is 3.26. The summed E-state index contributed by atoms with van der Waals surface area (Å²) in [5, 5.41) is 27.9. The first-order valence-electron chi connectivity index (χ1n) is 28.4. The average molecular weight is 1330 g/mol. The molecule has 6 aromatic carbocycles. The van der Waals surface area contributed by atoms with Crippen LogP contribution < -0.4 is 16.0 Å². The first-order chi connectivity index (χ1) is 42.2. The van der Waals surface area contributed by atoms with Crippen LogP contribution in [0.25, 0.3) is 0 Å². The van der Waals surface area contributed by atoms with Crippen LogP contribution in [0.1, 0.15) is 156 Å². The van der Waals surface area contributed by atoms with Gasteiger partial charge < -0.3 is 45.1 Å². The molecule has 15 nitrogen and oxygen atoms in total. The largest absolute Gasteiger partial charge is 0.478 e. The number of ether oxygens (including phenoxy) is 4. The third-order valence-electron chi connectivity index (χ3n) is 13.5. The van der Waals surface area contributed by atoms with Crippen LogP contribution in [0, 0.1) is 23.6 Å². The third kappa shape index (κ3) is 25.5. The monoisotopic (exact) mass is 1330 g/mol. The second-order valence-electron chi connectivity index (χ2n) is 21.6. The Hall–Kier alpha value is -7.99. The van der Waals surface area contributed by atoms with Gasteiger partial charge in [-0.3, -0.25) is 14.4 Å². The molecule has 0 unspecified atom stereocenters. The number of amides is 3. The van der Waals surface area contributed by atoms with Gasteiger partial charge in [-0.05, 0) is 145 Å². The molecule has 0 fully saturated rings. The number of carboxylic acids is 1. The Morgan fingerprint density at radius 2 is 0.744 bits per heavy atom. The van der Waals surface area contributed by atoms with E-state index in [0.717, 1.165) is 51.8 Å². The first kappa shape index (κ1) is 76.3. The van der Waals surface area contributed by atoms with E-state index < -0.39 is 65.6 Å². The number of aliphatic hydroxyl groups excluding tert-OH is 1. The van der Waals surface area contributed by atoms with Crippen LogP contribution in [0.3, 0.4) is 0 Å². The van der Waals surface area contributed by atoms with Gasteiger partial charge in [-0.25, -0.2) is 18.8 Å². The smallest absolute Gasteiger partial charge is 0.416 e. The Bertz CT molecular complexity index is 3200. The number of nitrogens with one attached hydrogen (secondary N) is 3. The number of rotatable bonds is 22. The van der Waals surface area contributed by atoms with Gasteiger partial charge in [-0.15, -0.1) is 0 Å². The number of esters is 2. The lowest BCUT2D eigenvalue weighted by Gasteiger charge is -2.24. The molecule has 0 heterocycles. The number of aromatic carboxylic acids is 1. The molecule has 488 valence electrons. The molecule has 0 aliphatic carbocycles. The van der Waals surface area contributed by atoms with Crippen LogP contribution in [0.15, 0.2) is 146 Å². The molecule has 90 heavy (non-hydrogen) atoms. The fraction of sp³-hybridized carbons (Fsp3) is 0.373. The zero-order valence-corrected chi connectivity index (χ0v) is 53.3. The van der Waals surface area contributed by atoms with Crippen LogP contribution in [-0.2, 0) is 64.2 Å². The Morgan fingerprint density at radius 1 is 0.444 bits per heavy atom. The molecule has 5 N–H and O–H groups in total. The van der Waals surface area contributed by atoms with Gasteiger partial charge in [0.05, 0.1) is 73.4 Å². The molecule has 0 spiro atoms. The third-order valence-corrected chi connectivity index (χ3v) is 14.2. The fourth-order valence-corrected chi connectivity index (χ4v) is 8.45. The zero-order valence-electron chi connectivity index (χ0n) is 51.7. The van der Waals surface area contributed by atoms with Crippen LogP contribution >= 0.6 is 15.9 Å². The van der Waals surface area contributed by atoms with E-state index in [9.17, 15) is 64.6 Å². The van der Waals surface area contributed by atoms with Crippen LogP contribution in [0.5, 0.6) is 0 Å². The first-order valence-corrected chi connectivity index (χ1v) is 29.5. The maximum atomic E-state index is 12.7. The summed E-state index contributed by atoms with van der Waals surface area (Å²) in [6.07, 6.45) is -11.4. The van der Waals surface area contributed by atoms with E-state index in [1.165, 1.54) is 62.8 Å². The number of benzene rings is 6. The maximum Gasteiger partial charge on any atom is 0.416 e. The number of hydrogen-bond donors (Lipinski definition) is 5. The molecule has 0 aromatic heterocycles. The van der Waals surface area contributed by atoms with Crippen molar-refractivity contribution in [2.45, 2.75) is 130 Å². The number of carboxylic acid groups (broad SMARTS) is 1. The van der Waals surface area contributed by atoms with Crippen molar-refractivity contribution in [3.05, 3.63) is 213 Å². The lowest BCUT2D eigenvalue weighted by molar-refractivity contribution is -0.138. The summed E-state index contributed by atoms with van der Waals surface area (Å²) in [6, 6.07) is 34.4. The Kier molecular flexibility index (Phi) is 31.0. The Morgan fingerprint density at radius 3 is 1.01 bits per heavy atom. The number of aliphatic hydroxyl groups is 1. The molecule has 23 heteroatoms. The van der Waals surface area contributed by atoms with Crippen molar-refractivity contribution < 1.29 is 88.7 Å². The molecule has 0 aliphatic heterocycles. The van der Waals surface area contributed by atoms with E-state index in [2.05, 4.69) is 41.4 Å². The van der Waals surface area contributed by atoms with Crippen LogP contribution in [0.4, 0.5) is 30.7 Å². The molecular formula is C67H77BrF7N3O12. The summed E-state index contributed by atoms with van der Waals surface area (Å²) in [5.41, 5.74) is 4.08. The SMILES string of the molecule is CC(C)[C@@H](OCc1ccc(C(F)(F)F)cc1)C(=O)N[C@@H](C)c1ccc(C(=O)O)cc1.COC(=O)c1ccc([C@H](C)NC(=O)[C@H](O)C(C)C)cc1.COC(=O)c1ccc([C@H](C)NC(=O)[C@H](OCc2ccc(C(F)(F)F)cc2)C(C)C)cc1.Fc1ccc(CBr)cc1. The lowest BCUT2D eigenvalue weighted by Crippen LogP contribution is -2.40.